The van der Waals surface area contributed by atoms with Crippen molar-refractivity contribution >= 4 is 32.7 Å². The molecule has 1 aromatic heterocycles. The van der Waals surface area contributed by atoms with Crippen LogP contribution in [0.3, 0.4) is 0 Å². The van der Waals surface area contributed by atoms with Crippen LogP contribution in [0.25, 0.3) is 11.1 Å². The molecule has 0 aliphatic rings. The number of hydrogen-bond acceptors (Lipinski definition) is 5. The Bertz CT molecular complexity index is 1270. The lowest BCUT2D eigenvalue weighted by Gasteiger charge is -2.20. The van der Waals surface area contributed by atoms with Crippen molar-refractivity contribution in [2.45, 2.75) is 51.0 Å². The van der Waals surface area contributed by atoms with Gasteiger partial charge >= 0.3 is 5.76 Å². The summed E-state index contributed by atoms with van der Waals surface area (Å²) >= 11 is 0. The van der Waals surface area contributed by atoms with Crippen LogP contribution in [0.15, 0.2) is 56.6 Å². The molecule has 3 aromatic rings. The second-order valence-electron chi connectivity index (χ2n) is 8.63. The van der Waals surface area contributed by atoms with Crippen molar-refractivity contribution in [3.05, 3.63) is 58.6 Å². The van der Waals surface area contributed by atoms with E-state index in [9.17, 15) is 18.0 Å². The van der Waals surface area contributed by atoms with Gasteiger partial charge in [0, 0.05) is 18.8 Å². The molecule has 2 aromatic carbocycles. The zero-order chi connectivity index (χ0) is 23.6. The third kappa shape index (κ3) is 5.28. The first-order valence-electron chi connectivity index (χ1n) is 10.5. The fourth-order valence-electron chi connectivity index (χ4n) is 3.40. The maximum atomic E-state index is 13.0. The van der Waals surface area contributed by atoms with Gasteiger partial charge in [0.25, 0.3) is 0 Å². The van der Waals surface area contributed by atoms with Crippen molar-refractivity contribution < 1.29 is 17.6 Å². The van der Waals surface area contributed by atoms with Gasteiger partial charge in [0.05, 0.1) is 10.4 Å². The summed E-state index contributed by atoms with van der Waals surface area (Å²) in [6.45, 7) is 7.99. The molecular weight excluding hydrogens is 430 g/mol. The minimum absolute atomic E-state index is 0.0754. The number of anilines is 1. The summed E-state index contributed by atoms with van der Waals surface area (Å²) in [5, 5.41) is 2.80. The van der Waals surface area contributed by atoms with Gasteiger partial charge in [-0.05, 0) is 48.1 Å². The van der Waals surface area contributed by atoms with E-state index in [1.54, 1.807) is 12.1 Å². The first kappa shape index (κ1) is 23.7. The molecule has 1 heterocycles. The van der Waals surface area contributed by atoms with Gasteiger partial charge in [0.1, 0.15) is 6.04 Å². The molecule has 0 aliphatic heterocycles. The number of hydrogen-bond donors (Lipinski definition) is 2. The summed E-state index contributed by atoms with van der Waals surface area (Å²) in [4.78, 5) is 24.6. The van der Waals surface area contributed by atoms with Crippen LogP contribution in [0.2, 0.25) is 0 Å². The molecule has 0 spiro atoms. The van der Waals surface area contributed by atoms with Gasteiger partial charge in [-0.3, -0.25) is 9.36 Å². The number of carbonyl (C=O) groups excluding carboxylic acids is 1. The number of sulfonamides is 1. The van der Waals surface area contributed by atoms with Gasteiger partial charge < -0.3 is 9.73 Å². The number of nitrogens with one attached hydrogen (secondary N) is 2. The molecule has 8 nitrogen and oxygen atoms in total. The predicted molar refractivity (Wildman–Crippen MR) is 124 cm³/mol. The largest absolute Gasteiger partial charge is 0.419 e. The number of aryl methyl sites for hydroxylation is 1. The number of nitrogens with zero attached hydrogens (tertiary/aromatic N) is 1. The molecular formula is C23H29N3O5S. The normalized spacial score (nSPS) is 13.1. The standard InChI is InChI=1S/C23H29N3O5S/c1-14(2)12-19(22(27)24-17-8-6-16(7-9-17)15(3)4)25-32(29,30)18-10-11-20-21(13-18)31-23(28)26(20)5/h6-11,13-15,19,25H,12H2,1-5H3,(H,24,27)/t19-/m1/s1. The Labute approximate surface area is 187 Å². The van der Waals surface area contributed by atoms with Gasteiger partial charge in [-0.1, -0.05) is 39.8 Å². The topological polar surface area (TPSA) is 110 Å². The summed E-state index contributed by atoms with van der Waals surface area (Å²) in [6, 6.07) is 10.7. The highest BCUT2D eigenvalue weighted by Crippen LogP contribution is 2.20. The summed E-state index contributed by atoms with van der Waals surface area (Å²) < 4.78 is 34.9. The van der Waals surface area contributed by atoms with Crippen molar-refractivity contribution in [1.29, 1.82) is 0 Å². The van der Waals surface area contributed by atoms with E-state index >= 15 is 0 Å². The Balaban J connectivity index is 1.83. The highest BCUT2D eigenvalue weighted by atomic mass is 32.2. The van der Waals surface area contributed by atoms with Crippen LogP contribution in [0, 0.1) is 5.92 Å². The SMILES string of the molecule is CC(C)C[C@@H](NS(=O)(=O)c1ccc2c(c1)oc(=O)n2C)C(=O)Nc1ccc(C(C)C)cc1. The molecule has 9 heteroatoms. The molecule has 0 saturated heterocycles. The minimum Gasteiger partial charge on any atom is -0.408 e. The predicted octanol–water partition coefficient (Wildman–Crippen LogP) is 3.59. The van der Waals surface area contributed by atoms with Gasteiger partial charge in [-0.15, -0.1) is 0 Å². The van der Waals surface area contributed by atoms with Crippen LogP contribution in [-0.2, 0) is 21.9 Å². The van der Waals surface area contributed by atoms with Crippen molar-refractivity contribution in [2.75, 3.05) is 5.32 Å². The minimum atomic E-state index is -4.04. The highest BCUT2D eigenvalue weighted by molar-refractivity contribution is 7.89. The molecule has 1 amide bonds. The lowest BCUT2D eigenvalue weighted by molar-refractivity contribution is -0.118. The number of rotatable bonds is 8. The van der Waals surface area contributed by atoms with E-state index in [2.05, 4.69) is 23.9 Å². The number of carbonyl (C=O) groups is 1. The third-order valence-corrected chi connectivity index (χ3v) is 6.71. The van der Waals surface area contributed by atoms with E-state index in [4.69, 9.17) is 4.42 Å². The second-order valence-corrected chi connectivity index (χ2v) is 10.3. The summed E-state index contributed by atoms with van der Waals surface area (Å²) in [5.41, 5.74) is 2.39. The number of aromatic nitrogens is 1. The molecule has 32 heavy (non-hydrogen) atoms. The number of benzene rings is 2. The van der Waals surface area contributed by atoms with E-state index in [-0.39, 0.29) is 16.4 Å². The molecule has 0 aliphatic carbocycles. The Morgan fingerprint density at radius 2 is 1.72 bits per heavy atom. The smallest absolute Gasteiger partial charge is 0.408 e. The second kappa shape index (κ2) is 9.30. The summed E-state index contributed by atoms with van der Waals surface area (Å²) in [6.07, 6.45) is 0.317. The van der Waals surface area contributed by atoms with Crippen molar-refractivity contribution in [2.24, 2.45) is 13.0 Å². The molecule has 0 fully saturated rings. The van der Waals surface area contributed by atoms with Gasteiger partial charge in [-0.25, -0.2) is 13.2 Å². The molecule has 0 unspecified atom stereocenters. The van der Waals surface area contributed by atoms with Crippen molar-refractivity contribution in [1.82, 2.24) is 9.29 Å². The van der Waals surface area contributed by atoms with E-state index in [0.717, 1.165) is 5.56 Å². The van der Waals surface area contributed by atoms with Crippen LogP contribution in [-0.4, -0.2) is 24.9 Å². The van der Waals surface area contributed by atoms with E-state index in [1.807, 2.05) is 26.0 Å². The number of fused-ring (bicyclic) bond motifs is 1. The Kier molecular flexibility index (Phi) is 6.90. The molecule has 0 saturated carbocycles. The average molecular weight is 460 g/mol. The first-order valence-corrected chi connectivity index (χ1v) is 12.0. The molecule has 0 bridgehead atoms. The summed E-state index contributed by atoms with van der Waals surface area (Å²) in [5.74, 6) is -0.576. The van der Waals surface area contributed by atoms with E-state index in [0.29, 0.717) is 23.5 Å². The Hall–Kier alpha value is -2.91. The van der Waals surface area contributed by atoms with Gasteiger partial charge in [0.15, 0.2) is 5.58 Å². The lowest BCUT2D eigenvalue weighted by Crippen LogP contribution is -2.44. The van der Waals surface area contributed by atoms with E-state index < -0.39 is 27.7 Å². The number of amides is 1. The van der Waals surface area contributed by atoms with Crippen LogP contribution < -0.4 is 15.8 Å². The fourth-order valence-corrected chi connectivity index (χ4v) is 4.62. The van der Waals surface area contributed by atoms with Crippen LogP contribution in [0.1, 0.15) is 45.6 Å². The monoisotopic (exact) mass is 459 g/mol. The molecule has 0 radical (unpaired) electrons. The Morgan fingerprint density at radius 1 is 1.06 bits per heavy atom. The zero-order valence-corrected chi connectivity index (χ0v) is 19.7. The van der Waals surface area contributed by atoms with Crippen molar-refractivity contribution in [3.63, 3.8) is 0 Å². The maximum Gasteiger partial charge on any atom is 0.419 e. The third-order valence-electron chi connectivity index (χ3n) is 5.24. The molecule has 1 atom stereocenters. The Morgan fingerprint density at radius 3 is 2.31 bits per heavy atom. The zero-order valence-electron chi connectivity index (χ0n) is 18.9. The van der Waals surface area contributed by atoms with Crippen molar-refractivity contribution in [3.8, 4) is 0 Å². The molecule has 2 N–H and O–H groups in total. The van der Waals surface area contributed by atoms with E-state index in [1.165, 1.54) is 29.8 Å². The van der Waals surface area contributed by atoms with Crippen LogP contribution in [0.4, 0.5) is 5.69 Å². The van der Waals surface area contributed by atoms with Crippen LogP contribution in [0.5, 0.6) is 0 Å². The summed E-state index contributed by atoms with van der Waals surface area (Å²) in [7, 11) is -2.50. The highest BCUT2D eigenvalue weighted by Gasteiger charge is 2.27. The first-order chi connectivity index (χ1) is 15.0. The van der Waals surface area contributed by atoms with Gasteiger partial charge in [0.2, 0.25) is 15.9 Å². The lowest BCUT2D eigenvalue weighted by atomic mass is 10.0. The molecule has 172 valence electrons. The number of oxazole rings is 1. The van der Waals surface area contributed by atoms with Gasteiger partial charge in [-0.2, -0.15) is 4.72 Å². The van der Waals surface area contributed by atoms with Crippen LogP contribution >= 0.6 is 0 Å². The quantitative estimate of drug-likeness (QED) is 0.535. The fraction of sp³-hybridized carbons (Fsp3) is 0.391. The maximum absolute atomic E-state index is 13.0. The molecule has 3 rings (SSSR count). The average Bonchev–Trinajstić information content (AvgIpc) is 3.00.